The molecule has 25 heavy (non-hydrogen) atoms. The molecule has 0 radical (unpaired) electrons. The highest BCUT2D eigenvalue weighted by Crippen LogP contribution is 2.27. The molecule has 134 valence electrons. The van der Waals surface area contributed by atoms with Gasteiger partial charge in [0.2, 0.25) is 5.91 Å². The third kappa shape index (κ3) is 4.09. The zero-order chi connectivity index (χ0) is 18.9. The first-order valence-corrected chi connectivity index (χ1v) is 8.88. The summed E-state index contributed by atoms with van der Waals surface area (Å²) < 4.78 is 0. The maximum absolute atomic E-state index is 12.9. The molecule has 1 aliphatic carbocycles. The fourth-order valence-corrected chi connectivity index (χ4v) is 3.01. The van der Waals surface area contributed by atoms with Gasteiger partial charge in [-0.05, 0) is 33.9 Å². The SMILES string of the molecule is CC(=O)N(C)C(=O)c1cc2c(cc1C(C)C(C)C)=CC=CC(C)(C)C=2. The molecule has 1 aromatic carbocycles. The lowest BCUT2D eigenvalue weighted by molar-refractivity contribution is -0.125. The van der Waals surface area contributed by atoms with Gasteiger partial charge in [0.25, 0.3) is 5.91 Å². The number of allylic oxidation sites excluding steroid dienone is 2. The molecule has 0 heterocycles. The van der Waals surface area contributed by atoms with Crippen molar-refractivity contribution in [2.75, 3.05) is 7.05 Å². The Hall–Kier alpha value is -2.16. The van der Waals surface area contributed by atoms with E-state index in [-0.39, 0.29) is 23.1 Å². The Morgan fingerprint density at radius 1 is 1.08 bits per heavy atom. The summed E-state index contributed by atoms with van der Waals surface area (Å²) in [6.07, 6.45) is 8.51. The largest absolute Gasteiger partial charge is 0.282 e. The molecule has 1 unspecified atom stereocenters. The Balaban J connectivity index is 2.78. The lowest BCUT2D eigenvalue weighted by Gasteiger charge is -2.22. The van der Waals surface area contributed by atoms with Gasteiger partial charge in [0.15, 0.2) is 0 Å². The van der Waals surface area contributed by atoms with Crippen molar-refractivity contribution in [3.05, 3.63) is 45.8 Å². The highest BCUT2D eigenvalue weighted by Gasteiger charge is 2.23. The highest BCUT2D eigenvalue weighted by molar-refractivity contribution is 6.04. The number of carbonyl (C=O) groups is 2. The molecule has 1 aromatic rings. The summed E-state index contributed by atoms with van der Waals surface area (Å²) in [6.45, 7) is 12.1. The van der Waals surface area contributed by atoms with E-state index < -0.39 is 0 Å². The van der Waals surface area contributed by atoms with Gasteiger partial charge in [0.05, 0.1) is 0 Å². The molecule has 0 fully saturated rings. The predicted octanol–water partition coefficient (Wildman–Crippen LogP) is 3.22. The number of hydrogen-bond donors (Lipinski definition) is 0. The van der Waals surface area contributed by atoms with Gasteiger partial charge in [0, 0.05) is 24.9 Å². The molecule has 0 aliphatic heterocycles. The number of amides is 2. The quantitative estimate of drug-likeness (QED) is 0.848. The standard InChI is InChI=1S/C22H29NO2/c1-14(2)15(3)19-11-17-9-8-10-22(5,6)13-18(17)12-20(19)21(25)23(7)16(4)24/h8-15H,1-7H3. The Labute approximate surface area is 150 Å². The van der Waals surface area contributed by atoms with Gasteiger partial charge in [-0.3, -0.25) is 14.5 Å². The smallest absolute Gasteiger partial charge is 0.260 e. The van der Waals surface area contributed by atoms with Crippen LogP contribution < -0.4 is 10.4 Å². The van der Waals surface area contributed by atoms with Gasteiger partial charge >= 0.3 is 0 Å². The van der Waals surface area contributed by atoms with Crippen molar-refractivity contribution in [1.82, 2.24) is 4.90 Å². The lowest BCUT2D eigenvalue weighted by Crippen LogP contribution is -2.35. The minimum absolute atomic E-state index is 0.0836. The van der Waals surface area contributed by atoms with E-state index in [0.29, 0.717) is 11.5 Å². The van der Waals surface area contributed by atoms with E-state index in [4.69, 9.17) is 0 Å². The molecule has 0 N–H and O–H groups in total. The molecule has 1 aliphatic rings. The molecule has 0 bridgehead atoms. The Bertz CT molecular complexity index is 844. The van der Waals surface area contributed by atoms with Crippen LogP contribution in [0.4, 0.5) is 0 Å². The van der Waals surface area contributed by atoms with Crippen LogP contribution in [-0.2, 0) is 4.79 Å². The van der Waals surface area contributed by atoms with Crippen molar-refractivity contribution in [3.63, 3.8) is 0 Å². The Kier molecular flexibility index (Phi) is 5.36. The second kappa shape index (κ2) is 6.99. The Morgan fingerprint density at radius 3 is 2.28 bits per heavy atom. The van der Waals surface area contributed by atoms with Gasteiger partial charge in [-0.25, -0.2) is 0 Å². The molecule has 0 saturated carbocycles. The van der Waals surface area contributed by atoms with E-state index in [2.05, 4.69) is 65.0 Å². The van der Waals surface area contributed by atoms with Gasteiger partial charge in [-0.1, -0.05) is 65.0 Å². The van der Waals surface area contributed by atoms with Gasteiger partial charge < -0.3 is 0 Å². The van der Waals surface area contributed by atoms with Crippen LogP contribution in [0, 0.1) is 11.3 Å². The van der Waals surface area contributed by atoms with Crippen LogP contribution >= 0.6 is 0 Å². The summed E-state index contributed by atoms with van der Waals surface area (Å²) in [6, 6.07) is 4.07. The Morgan fingerprint density at radius 2 is 1.72 bits per heavy atom. The molecule has 3 heteroatoms. The van der Waals surface area contributed by atoms with Crippen molar-refractivity contribution >= 4 is 24.0 Å². The van der Waals surface area contributed by atoms with Crippen LogP contribution in [0.15, 0.2) is 24.3 Å². The molecule has 1 atom stereocenters. The molecule has 2 amide bonds. The number of benzene rings is 1. The van der Waals surface area contributed by atoms with E-state index in [1.807, 2.05) is 6.07 Å². The van der Waals surface area contributed by atoms with Crippen molar-refractivity contribution < 1.29 is 9.59 Å². The van der Waals surface area contributed by atoms with Crippen LogP contribution in [0.2, 0.25) is 0 Å². The molecule has 2 rings (SSSR count). The summed E-state index contributed by atoms with van der Waals surface area (Å²) in [5.74, 6) is 0.133. The van der Waals surface area contributed by atoms with Crippen molar-refractivity contribution in [2.24, 2.45) is 11.3 Å². The third-order valence-corrected chi connectivity index (χ3v) is 5.08. The van der Waals surface area contributed by atoms with E-state index in [1.165, 1.54) is 11.8 Å². The number of nitrogens with zero attached hydrogens (tertiary/aromatic N) is 1. The average molecular weight is 339 g/mol. The van der Waals surface area contributed by atoms with E-state index in [1.54, 1.807) is 7.05 Å². The fraction of sp³-hybridized carbons (Fsp3) is 0.455. The van der Waals surface area contributed by atoms with E-state index in [9.17, 15) is 9.59 Å². The topological polar surface area (TPSA) is 37.4 Å². The van der Waals surface area contributed by atoms with Crippen molar-refractivity contribution in [2.45, 2.75) is 47.5 Å². The van der Waals surface area contributed by atoms with E-state index >= 15 is 0 Å². The van der Waals surface area contributed by atoms with Crippen LogP contribution in [0.5, 0.6) is 0 Å². The molecule has 0 spiro atoms. The summed E-state index contributed by atoms with van der Waals surface area (Å²) in [5, 5.41) is 2.15. The number of hydrogen-bond acceptors (Lipinski definition) is 2. The maximum Gasteiger partial charge on any atom is 0.260 e. The monoisotopic (exact) mass is 339 g/mol. The molecular weight excluding hydrogens is 310 g/mol. The van der Waals surface area contributed by atoms with E-state index in [0.717, 1.165) is 16.0 Å². The molecule has 0 aromatic heterocycles. The first-order chi connectivity index (χ1) is 11.5. The zero-order valence-electron chi connectivity index (χ0n) is 16.4. The summed E-state index contributed by atoms with van der Waals surface area (Å²) in [7, 11) is 1.54. The van der Waals surface area contributed by atoms with Crippen molar-refractivity contribution in [1.29, 1.82) is 0 Å². The first-order valence-electron chi connectivity index (χ1n) is 8.88. The second-order valence-electron chi connectivity index (χ2n) is 7.98. The zero-order valence-corrected chi connectivity index (χ0v) is 16.4. The molecule has 0 saturated heterocycles. The number of carbonyl (C=O) groups excluding carboxylic acids is 2. The summed E-state index contributed by atoms with van der Waals surface area (Å²) in [4.78, 5) is 25.8. The van der Waals surface area contributed by atoms with Crippen LogP contribution in [0.1, 0.15) is 63.4 Å². The minimum atomic E-state index is -0.249. The highest BCUT2D eigenvalue weighted by atomic mass is 16.2. The lowest BCUT2D eigenvalue weighted by atomic mass is 9.85. The molecular formula is C22H29NO2. The normalized spacial score (nSPS) is 16.3. The first kappa shape index (κ1) is 19.2. The maximum atomic E-state index is 12.9. The van der Waals surface area contributed by atoms with Crippen molar-refractivity contribution in [3.8, 4) is 0 Å². The van der Waals surface area contributed by atoms with Gasteiger partial charge in [-0.15, -0.1) is 0 Å². The summed E-state index contributed by atoms with van der Waals surface area (Å²) >= 11 is 0. The minimum Gasteiger partial charge on any atom is -0.282 e. The average Bonchev–Trinajstić information content (AvgIpc) is 2.67. The fourth-order valence-electron chi connectivity index (χ4n) is 3.01. The molecule has 3 nitrogen and oxygen atoms in total. The number of rotatable bonds is 3. The number of imide groups is 1. The van der Waals surface area contributed by atoms with Crippen LogP contribution in [0.3, 0.4) is 0 Å². The second-order valence-corrected chi connectivity index (χ2v) is 7.98. The van der Waals surface area contributed by atoms with Gasteiger partial charge in [-0.2, -0.15) is 0 Å². The third-order valence-electron chi connectivity index (χ3n) is 5.08. The van der Waals surface area contributed by atoms with Crippen LogP contribution in [0.25, 0.3) is 12.2 Å². The number of fused-ring (bicyclic) bond motifs is 1. The van der Waals surface area contributed by atoms with Gasteiger partial charge in [0.1, 0.15) is 0 Å². The van der Waals surface area contributed by atoms with Crippen LogP contribution in [-0.4, -0.2) is 23.8 Å². The predicted molar refractivity (Wildman–Crippen MR) is 104 cm³/mol. The summed E-state index contributed by atoms with van der Waals surface area (Å²) in [5.41, 5.74) is 1.55.